The average molecular weight is 276 g/mol. The standard InChI is InChI=1S/C17H28N2O/c1-5-14(13-9-7-6-8-10-13)16(20)19-15(11-12-18)17(2,3)4/h6-10,14-15H,5,11-12,18H2,1-4H3,(H,19,20). The minimum atomic E-state index is -0.0844. The van der Waals surface area contributed by atoms with Gasteiger partial charge in [-0.25, -0.2) is 0 Å². The summed E-state index contributed by atoms with van der Waals surface area (Å²) < 4.78 is 0. The second-order valence-electron chi connectivity index (χ2n) is 6.38. The zero-order valence-electron chi connectivity index (χ0n) is 13.1. The highest BCUT2D eigenvalue weighted by Crippen LogP contribution is 2.24. The van der Waals surface area contributed by atoms with Crippen LogP contribution in [0.5, 0.6) is 0 Å². The van der Waals surface area contributed by atoms with Gasteiger partial charge in [-0.05, 0) is 30.4 Å². The van der Waals surface area contributed by atoms with E-state index in [0.29, 0.717) is 6.54 Å². The molecular weight excluding hydrogens is 248 g/mol. The lowest BCUT2D eigenvalue weighted by molar-refractivity contribution is -0.124. The second kappa shape index (κ2) is 7.44. The van der Waals surface area contributed by atoms with Gasteiger partial charge >= 0.3 is 0 Å². The van der Waals surface area contributed by atoms with Gasteiger partial charge in [0.25, 0.3) is 0 Å². The van der Waals surface area contributed by atoms with Crippen molar-refractivity contribution in [3.8, 4) is 0 Å². The normalized spacial score (nSPS) is 14.7. The first-order valence-corrected chi connectivity index (χ1v) is 7.45. The summed E-state index contributed by atoms with van der Waals surface area (Å²) in [5, 5.41) is 3.19. The predicted molar refractivity (Wildman–Crippen MR) is 84.5 cm³/mol. The van der Waals surface area contributed by atoms with E-state index in [4.69, 9.17) is 5.73 Å². The van der Waals surface area contributed by atoms with Crippen LogP contribution in [0, 0.1) is 5.41 Å². The highest BCUT2D eigenvalue weighted by atomic mass is 16.1. The Balaban J connectivity index is 2.81. The van der Waals surface area contributed by atoms with Crippen LogP contribution in [0.1, 0.15) is 52.0 Å². The van der Waals surface area contributed by atoms with E-state index >= 15 is 0 Å². The third-order valence-corrected chi connectivity index (χ3v) is 3.74. The molecule has 3 N–H and O–H groups in total. The van der Waals surface area contributed by atoms with Crippen molar-refractivity contribution < 1.29 is 4.79 Å². The number of rotatable bonds is 6. The Bertz CT molecular complexity index is 409. The second-order valence-corrected chi connectivity index (χ2v) is 6.38. The van der Waals surface area contributed by atoms with Crippen LogP contribution in [0.3, 0.4) is 0 Å². The Morgan fingerprint density at radius 1 is 1.25 bits per heavy atom. The van der Waals surface area contributed by atoms with Gasteiger partial charge in [-0.2, -0.15) is 0 Å². The molecule has 0 aromatic heterocycles. The highest BCUT2D eigenvalue weighted by Gasteiger charge is 2.28. The number of hydrogen-bond donors (Lipinski definition) is 2. The van der Waals surface area contributed by atoms with Gasteiger partial charge in [0, 0.05) is 6.04 Å². The molecule has 2 unspecified atom stereocenters. The van der Waals surface area contributed by atoms with Crippen LogP contribution in [-0.4, -0.2) is 18.5 Å². The lowest BCUT2D eigenvalue weighted by Gasteiger charge is -2.32. The summed E-state index contributed by atoms with van der Waals surface area (Å²) in [4.78, 5) is 12.6. The van der Waals surface area contributed by atoms with Crippen LogP contribution < -0.4 is 11.1 Å². The van der Waals surface area contributed by atoms with Gasteiger partial charge < -0.3 is 11.1 Å². The number of amides is 1. The Hall–Kier alpha value is -1.35. The molecule has 0 saturated carbocycles. The molecule has 20 heavy (non-hydrogen) atoms. The molecule has 0 aliphatic carbocycles. The van der Waals surface area contributed by atoms with Crippen molar-refractivity contribution in [2.75, 3.05) is 6.54 Å². The first-order chi connectivity index (χ1) is 9.40. The molecule has 3 heteroatoms. The van der Waals surface area contributed by atoms with Crippen molar-refractivity contribution in [1.82, 2.24) is 5.32 Å². The Kier molecular flexibility index (Phi) is 6.21. The van der Waals surface area contributed by atoms with Crippen LogP contribution in [0.15, 0.2) is 30.3 Å². The van der Waals surface area contributed by atoms with E-state index in [1.54, 1.807) is 0 Å². The quantitative estimate of drug-likeness (QED) is 0.839. The lowest BCUT2D eigenvalue weighted by atomic mass is 9.84. The summed E-state index contributed by atoms with van der Waals surface area (Å²) >= 11 is 0. The molecule has 2 atom stereocenters. The highest BCUT2D eigenvalue weighted by molar-refractivity contribution is 5.83. The fourth-order valence-electron chi connectivity index (χ4n) is 2.42. The molecule has 112 valence electrons. The zero-order chi connectivity index (χ0) is 15.2. The van der Waals surface area contributed by atoms with Gasteiger partial charge in [0.1, 0.15) is 0 Å². The Morgan fingerprint density at radius 2 is 1.85 bits per heavy atom. The third-order valence-electron chi connectivity index (χ3n) is 3.74. The molecule has 0 heterocycles. The van der Waals surface area contributed by atoms with Gasteiger partial charge in [-0.3, -0.25) is 4.79 Å². The summed E-state index contributed by atoms with van der Waals surface area (Å²) in [6.45, 7) is 9.04. The molecule has 0 fully saturated rings. The maximum atomic E-state index is 12.6. The van der Waals surface area contributed by atoms with Crippen LogP contribution >= 0.6 is 0 Å². The van der Waals surface area contributed by atoms with Gasteiger partial charge in [0.15, 0.2) is 0 Å². The zero-order valence-corrected chi connectivity index (χ0v) is 13.1. The average Bonchev–Trinajstić information content (AvgIpc) is 2.39. The summed E-state index contributed by atoms with van der Waals surface area (Å²) in [5.41, 5.74) is 6.76. The van der Waals surface area contributed by atoms with Crippen LogP contribution in [0.2, 0.25) is 0 Å². The van der Waals surface area contributed by atoms with Crippen LogP contribution in [0.25, 0.3) is 0 Å². The molecule has 0 radical (unpaired) electrons. The maximum Gasteiger partial charge on any atom is 0.227 e. The number of nitrogens with one attached hydrogen (secondary N) is 1. The van der Waals surface area contributed by atoms with E-state index in [1.807, 2.05) is 37.3 Å². The van der Waals surface area contributed by atoms with E-state index in [2.05, 4.69) is 26.1 Å². The van der Waals surface area contributed by atoms with E-state index < -0.39 is 0 Å². The Labute approximate surface area is 122 Å². The van der Waals surface area contributed by atoms with Gasteiger partial charge in [-0.1, -0.05) is 58.0 Å². The van der Waals surface area contributed by atoms with E-state index in [0.717, 1.165) is 18.4 Å². The van der Waals surface area contributed by atoms with Crippen LogP contribution in [-0.2, 0) is 4.79 Å². The minimum absolute atomic E-state index is 0.0179. The molecule has 1 aromatic rings. The number of nitrogens with two attached hydrogens (primary N) is 1. The third kappa shape index (κ3) is 4.64. The van der Waals surface area contributed by atoms with Gasteiger partial charge in [-0.15, -0.1) is 0 Å². The number of carbonyl (C=O) groups excluding carboxylic acids is 1. The lowest BCUT2D eigenvalue weighted by Crippen LogP contribution is -2.46. The number of hydrogen-bond acceptors (Lipinski definition) is 2. The van der Waals surface area contributed by atoms with E-state index in [1.165, 1.54) is 0 Å². The minimum Gasteiger partial charge on any atom is -0.352 e. The summed E-state index contributed by atoms with van der Waals surface area (Å²) in [6, 6.07) is 10.1. The largest absolute Gasteiger partial charge is 0.352 e. The molecule has 0 bridgehead atoms. The summed E-state index contributed by atoms with van der Waals surface area (Å²) in [5.74, 6) is 0.0194. The van der Waals surface area contributed by atoms with E-state index in [9.17, 15) is 4.79 Å². The topological polar surface area (TPSA) is 55.1 Å². The van der Waals surface area contributed by atoms with Crippen molar-refractivity contribution in [3.05, 3.63) is 35.9 Å². The monoisotopic (exact) mass is 276 g/mol. The molecule has 0 spiro atoms. The molecule has 0 saturated heterocycles. The van der Waals surface area contributed by atoms with Crippen molar-refractivity contribution in [2.24, 2.45) is 11.1 Å². The predicted octanol–water partition coefficient (Wildman–Crippen LogP) is 3.06. The molecule has 1 aromatic carbocycles. The molecule has 3 nitrogen and oxygen atoms in total. The van der Waals surface area contributed by atoms with Gasteiger partial charge in [0.05, 0.1) is 5.92 Å². The van der Waals surface area contributed by atoms with Crippen molar-refractivity contribution >= 4 is 5.91 Å². The molecule has 0 aliphatic rings. The first-order valence-electron chi connectivity index (χ1n) is 7.45. The fourth-order valence-corrected chi connectivity index (χ4v) is 2.42. The number of benzene rings is 1. The molecule has 1 rings (SSSR count). The first kappa shape index (κ1) is 16.7. The fraction of sp³-hybridized carbons (Fsp3) is 0.588. The van der Waals surface area contributed by atoms with Crippen molar-refractivity contribution in [3.63, 3.8) is 0 Å². The molecular formula is C17H28N2O. The molecule has 0 aliphatic heterocycles. The molecule has 1 amide bonds. The SMILES string of the molecule is CCC(C(=O)NC(CCN)C(C)(C)C)c1ccccc1. The summed E-state index contributed by atoms with van der Waals surface area (Å²) in [6.07, 6.45) is 1.61. The van der Waals surface area contributed by atoms with Crippen molar-refractivity contribution in [1.29, 1.82) is 0 Å². The van der Waals surface area contributed by atoms with E-state index in [-0.39, 0.29) is 23.3 Å². The maximum absolute atomic E-state index is 12.6. The van der Waals surface area contributed by atoms with Crippen molar-refractivity contribution in [2.45, 2.75) is 52.5 Å². The smallest absolute Gasteiger partial charge is 0.227 e. The number of carbonyl (C=O) groups is 1. The van der Waals surface area contributed by atoms with Crippen LogP contribution in [0.4, 0.5) is 0 Å². The summed E-state index contributed by atoms with van der Waals surface area (Å²) in [7, 11) is 0. The van der Waals surface area contributed by atoms with Gasteiger partial charge in [0.2, 0.25) is 5.91 Å². The Morgan fingerprint density at radius 3 is 2.30 bits per heavy atom.